The molecule has 0 bridgehead atoms. The normalized spacial score (nSPS) is 15.9. The van der Waals surface area contributed by atoms with Gasteiger partial charge in [0, 0.05) is 32.2 Å². The summed E-state index contributed by atoms with van der Waals surface area (Å²) in [6, 6.07) is 15.2. The zero-order valence-electron chi connectivity index (χ0n) is 16.5. The van der Waals surface area contributed by atoms with Crippen LogP contribution < -0.4 is 9.47 Å². The van der Waals surface area contributed by atoms with E-state index >= 15 is 0 Å². The molecule has 1 aliphatic rings. The molecule has 0 saturated carbocycles. The summed E-state index contributed by atoms with van der Waals surface area (Å²) in [5, 5.41) is 9.70. The van der Waals surface area contributed by atoms with E-state index in [0.717, 1.165) is 31.9 Å². The summed E-state index contributed by atoms with van der Waals surface area (Å²) in [5.41, 5.74) is 1.25. The van der Waals surface area contributed by atoms with Gasteiger partial charge in [0.2, 0.25) is 5.91 Å². The van der Waals surface area contributed by atoms with Gasteiger partial charge in [-0.05, 0) is 36.8 Å². The Balaban J connectivity index is 1.43. The van der Waals surface area contributed by atoms with Gasteiger partial charge in [0.05, 0.1) is 20.1 Å². The van der Waals surface area contributed by atoms with Crippen LogP contribution in [0.1, 0.15) is 24.9 Å². The van der Waals surface area contributed by atoms with Gasteiger partial charge >= 0.3 is 0 Å². The lowest BCUT2D eigenvalue weighted by Gasteiger charge is -2.38. The summed E-state index contributed by atoms with van der Waals surface area (Å²) in [6.45, 7) is 5.59. The molecule has 1 saturated heterocycles. The Morgan fingerprint density at radius 2 is 1.75 bits per heavy atom. The largest absolute Gasteiger partial charge is 0.504 e. The lowest BCUT2D eigenvalue weighted by atomic mass is 10.1. The van der Waals surface area contributed by atoms with Crippen molar-refractivity contribution in [2.45, 2.75) is 19.4 Å². The second kappa shape index (κ2) is 9.46. The van der Waals surface area contributed by atoms with Gasteiger partial charge in [-0.1, -0.05) is 24.3 Å². The smallest absolute Gasteiger partial charge is 0.226 e. The molecular weight excluding hydrogens is 356 g/mol. The highest BCUT2D eigenvalue weighted by molar-refractivity contribution is 5.76. The third kappa shape index (κ3) is 4.95. The summed E-state index contributed by atoms with van der Waals surface area (Å²) in [4.78, 5) is 16.7. The van der Waals surface area contributed by atoms with Crippen LogP contribution in [0.25, 0.3) is 0 Å². The molecule has 0 aliphatic carbocycles. The van der Waals surface area contributed by atoms with E-state index in [4.69, 9.17) is 9.47 Å². The SMILES string of the molecule is COc1ccc(C(C)N2CCN(C(=O)CCOc3ccccc3O)CC2)cc1. The number of phenols is 1. The lowest BCUT2D eigenvalue weighted by molar-refractivity contribution is -0.133. The van der Waals surface area contributed by atoms with E-state index in [2.05, 4.69) is 24.0 Å². The zero-order chi connectivity index (χ0) is 19.9. The van der Waals surface area contributed by atoms with Crippen LogP contribution in [0.5, 0.6) is 17.2 Å². The van der Waals surface area contributed by atoms with Crippen molar-refractivity contribution < 1.29 is 19.4 Å². The molecule has 1 aliphatic heterocycles. The van der Waals surface area contributed by atoms with E-state index in [1.807, 2.05) is 17.0 Å². The van der Waals surface area contributed by atoms with Gasteiger partial charge in [0.15, 0.2) is 11.5 Å². The Morgan fingerprint density at radius 1 is 1.07 bits per heavy atom. The standard InChI is InChI=1S/C22H28N2O4/c1-17(18-7-9-19(27-2)10-8-18)23-12-14-24(15-13-23)22(26)11-16-28-21-6-4-3-5-20(21)25/h3-10,17,25H,11-16H2,1-2H3. The van der Waals surface area contributed by atoms with Crippen LogP contribution in [-0.2, 0) is 4.79 Å². The molecule has 6 nitrogen and oxygen atoms in total. The molecule has 3 rings (SSSR count). The van der Waals surface area contributed by atoms with Crippen LogP contribution in [0, 0.1) is 0 Å². The number of carbonyl (C=O) groups excluding carboxylic acids is 1. The minimum Gasteiger partial charge on any atom is -0.504 e. The highest BCUT2D eigenvalue weighted by Crippen LogP contribution is 2.25. The third-order valence-electron chi connectivity index (χ3n) is 5.25. The first kappa shape index (κ1) is 20.0. The van der Waals surface area contributed by atoms with Crippen molar-refractivity contribution in [2.75, 3.05) is 39.9 Å². The average molecular weight is 384 g/mol. The molecule has 1 amide bonds. The number of methoxy groups -OCH3 is 1. The van der Waals surface area contributed by atoms with Gasteiger partial charge in [-0.3, -0.25) is 9.69 Å². The first-order valence-corrected chi connectivity index (χ1v) is 9.65. The van der Waals surface area contributed by atoms with Crippen LogP contribution in [0.2, 0.25) is 0 Å². The number of carbonyl (C=O) groups is 1. The molecule has 1 unspecified atom stereocenters. The van der Waals surface area contributed by atoms with Crippen molar-refractivity contribution in [3.63, 3.8) is 0 Å². The quantitative estimate of drug-likeness (QED) is 0.795. The first-order valence-electron chi connectivity index (χ1n) is 9.65. The molecule has 1 atom stereocenters. The van der Waals surface area contributed by atoms with E-state index in [-0.39, 0.29) is 18.3 Å². The summed E-state index contributed by atoms with van der Waals surface area (Å²) < 4.78 is 10.7. The van der Waals surface area contributed by atoms with Crippen LogP contribution in [0.3, 0.4) is 0 Å². The fraction of sp³-hybridized carbons (Fsp3) is 0.409. The first-order chi connectivity index (χ1) is 13.6. The van der Waals surface area contributed by atoms with Crippen molar-refractivity contribution >= 4 is 5.91 Å². The zero-order valence-corrected chi connectivity index (χ0v) is 16.5. The van der Waals surface area contributed by atoms with E-state index in [9.17, 15) is 9.90 Å². The molecule has 0 spiro atoms. The number of rotatable bonds is 7. The Morgan fingerprint density at radius 3 is 2.39 bits per heavy atom. The fourth-order valence-corrected chi connectivity index (χ4v) is 3.44. The number of nitrogens with zero attached hydrogens (tertiary/aromatic N) is 2. The third-order valence-corrected chi connectivity index (χ3v) is 5.25. The van der Waals surface area contributed by atoms with Crippen LogP contribution in [-0.4, -0.2) is 60.7 Å². The van der Waals surface area contributed by atoms with Crippen LogP contribution in [0.15, 0.2) is 48.5 Å². The summed E-state index contributed by atoms with van der Waals surface area (Å²) in [7, 11) is 1.67. The van der Waals surface area contributed by atoms with Crippen molar-refractivity contribution in [2.24, 2.45) is 0 Å². The average Bonchev–Trinajstić information content (AvgIpc) is 2.74. The summed E-state index contributed by atoms with van der Waals surface area (Å²) >= 11 is 0. The van der Waals surface area contributed by atoms with E-state index < -0.39 is 0 Å². The molecule has 6 heteroatoms. The minimum atomic E-state index is 0.0900. The molecule has 2 aromatic rings. The van der Waals surface area contributed by atoms with Crippen LogP contribution in [0.4, 0.5) is 0 Å². The second-order valence-electron chi connectivity index (χ2n) is 6.93. The number of phenolic OH excluding ortho intramolecular Hbond substituents is 1. The minimum absolute atomic E-state index is 0.0900. The maximum absolute atomic E-state index is 12.4. The Hall–Kier alpha value is -2.73. The summed E-state index contributed by atoms with van der Waals surface area (Å²) in [5.74, 6) is 1.45. The van der Waals surface area contributed by atoms with Gasteiger partial charge in [-0.2, -0.15) is 0 Å². The molecule has 28 heavy (non-hydrogen) atoms. The van der Waals surface area contributed by atoms with Gasteiger partial charge < -0.3 is 19.5 Å². The number of ether oxygens (including phenoxy) is 2. The molecule has 1 N–H and O–H groups in total. The molecule has 2 aromatic carbocycles. The monoisotopic (exact) mass is 384 g/mol. The van der Waals surface area contributed by atoms with Crippen molar-refractivity contribution in [1.82, 2.24) is 9.80 Å². The highest BCUT2D eigenvalue weighted by Gasteiger charge is 2.24. The maximum atomic E-state index is 12.4. The Bertz CT molecular complexity index is 770. The van der Waals surface area contributed by atoms with E-state index in [1.165, 1.54) is 5.56 Å². The number of amides is 1. The number of hydrogen-bond acceptors (Lipinski definition) is 5. The van der Waals surface area contributed by atoms with E-state index in [0.29, 0.717) is 18.2 Å². The molecule has 150 valence electrons. The number of para-hydroxylation sites is 2. The van der Waals surface area contributed by atoms with Crippen molar-refractivity contribution in [3.8, 4) is 17.2 Å². The van der Waals surface area contributed by atoms with Gasteiger partial charge in [0.25, 0.3) is 0 Å². The van der Waals surface area contributed by atoms with Gasteiger partial charge in [0.1, 0.15) is 5.75 Å². The molecular formula is C22H28N2O4. The van der Waals surface area contributed by atoms with Gasteiger partial charge in [-0.25, -0.2) is 0 Å². The Labute approximate surface area is 166 Å². The predicted octanol–water partition coefficient (Wildman–Crippen LogP) is 3.08. The van der Waals surface area contributed by atoms with Crippen molar-refractivity contribution in [3.05, 3.63) is 54.1 Å². The maximum Gasteiger partial charge on any atom is 0.226 e. The number of hydrogen-bond donors (Lipinski definition) is 1. The topological polar surface area (TPSA) is 62.2 Å². The number of aromatic hydroxyl groups is 1. The Kier molecular flexibility index (Phi) is 6.76. The molecule has 1 fully saturated rings. The van der Waals surface area contributed by atoms with Gasteiger partial charge in [-0.15, -0.1) is 0 Å². The number of piperazine rings is 1. The predicted molar refractivity (Wildman–Crippen MR) is 108 cm³/mol. The molecule has 0 aromatic heterocycles. The van der Waals surface area contributed by atoms with E-state index in [1.54, 1.807) is 31.4 Å². The number of benzene rings is 2. The molecule has 0 radical (unpaired) electrons. The highest BCUT2D eigenvalue weighted by atomic mass is 16.5. The van der Waals surface area contributed by atoms with Crippen LogP contribution >= 0.6 is 0 Å². The lowest BCUT2D eigenvalue weighted by Crippen LogP contribution is -2.49. The fourth-order valence-electron chi connectivity index (χ4n) is 3.44. The summed E-state index contributed by atoms with van der Waals surface area (Å²) in [6.07, 6.45) is 0.308. The second-order valence-corrected chi connectivity index (χ2v) is 6.93. The molecule has 1 heterocycles. The van der Waals surface area contributed by atoms with Crippen molar-refractivity contribution in [1.29, 1.82) is 0 Å².